The van der Waals surface area contributed by atoms with Crippen molar-refractivity contribution in [2.45, 2.75) is 6.42 Å². The fourth-order valence-electron chi connectivity index (χ4n) is 2.49. The molecule has 4 nitrogen and oxygen atoms in total. The number of esters is 2. The van der Waals surface area contributed by atoms with Gasteiger partial charge in [0.25, 0.3) is 0 Å². The number of carbonyl (C=O) groups excluding carboxylic acids is 2. The molecule has 3 aromatic rings. The van der Waals surface area contributed by atoms with Gasteiger partial charge in [0.1, 0.15) is 11.3 Å². The van der Waals surface area contributed by atoms with E-state index in [0.717, 1.165) is 5.56 Å². The molecule has 0 radical (unpaired) electrons. The molecule has 3 aromatic carbocycles. The van der Waals surface area contributed by atoms with Gasteiger partial charge in [-0.25, -0.2) is 9.59 Å². The second-order valence-corrected chi connectivity index (χ2v) is 6.14. The molecule has 0 aromatic heterocycles. The minimum atomic E-state index is -0.634. The first-order valence-corrected chi connectivity index (χ1v) is 8.80. The largest absolute Gasteiger partial charge is 0.462 e. The molecule has 0 aliphatic rings. The maximum Gasteiger partial charge on any atom is 0.345 e. The van der Waals surface area contributed by atoms with Gasteiger partial charge in [0.2, 0.25) is 0 Å². The number of benzene rings is 3. The van der Waals surface area contributed by atoms with Gasteiger partial charge < -0.3 is 9.47 Å². The summed E-state index contributed by atoms with van der Waals surface area (Å²) in [5.74, 6) is -1.05. The van der Waals surface area contributed by atoms with Crippen LogP contribution in [0.4, 0.5) is 0 Å². The highest BCUT2D eigenvalue weighted by molar-refractivity contribution is 6.33. The maximum absolute atomic E-state index is 12.4. The third-order valence-electron chi connectivity index (χ3n) is 3.87. The summed E-state index contributed by atoms with van der Waals surface area (Å²) in [4.78, 5) is 24.8. The highest BCUT2D eigenvalue weighted by Crippen LogP contribution is 2.23. The molecular weight excluding hydrogens is 364 g/mol. The van der Waals surface area contributed by atoms with Gasteiger partial charge in [0.05, 0.1) is 17.2 Å². The Kier molecular flexibility index (Phi) is 6.23. The van der Waals surface area contributed by atoms with E-state index < -0.39 is 11.9 Å². The van der Waals surface area contributed by atoms with Gasteiger partial charge in [-0.15, -0.1) is 0 Å². The molecule has 0 saturated heterocycles. The zero-order valence-electron chi connectivity index (χ0n) is 14.4. The highest BCUT2D eigenvalue weighted by atomic mass is 35.5. The van der Waals surface area contributed by atoms with Crippen LogP contribution in [0.1, 0.15) is 26.3 Å². The third kappa shape index (κ3) is 4.96. The van der Waals surface area contributed by atoms with Crippen molar-refractivity contribution >= 4 is 23.5 Å². The van der Waals surface area contributed by atoms with E-state index in [1.807, 2.05) is 30.3 Å². The first-order valence-electron chi connectivity index (χ1n) is 8.42. The van der Waals surface area contributed by atoms with E-state index in [2.05, 4.69) is 0 Å². The molecule has 0 atom stereocenters. The average molecular weight is 381 g/mol. The van der Waals surface area contributed by atoms with E-state index in [4.69, 9.17) is 21.1 Å². The molecule has 0 aliphatic carbocycles. The van der Waals surface area contributed by atoms with Crippen LogP contribution in [0.15, 0.2) is 78.9 Å². The van der Waals surface area contributed by atoms with Crippen molar-refractivity contribution in [3.8, 4) is 5.75 Å². The maximum atomic E-state index is 12.4. The van der Waals surface area contributed by atoms with Crippen LogP contribution in [0.25, 0.3) is 0 Å². The predicted octanol–water partition coefficient (Wildman–Crippen LogP) is 4.96. The lowest BCUT2D eigenvalue weighted by atomic mass is 10.1. The molecule has 0 spiro atoms. The Hall–Kier alpha value is -3.11. The van der Waals surface area contributed by atoms with Gasteiger partial charge in [0, 0.05) is 6.42 Å². The highest BCUT2D eigenvalue weighted by Gasteiger charge is 2.18. The van der Waals surface area contributed by atoms with Crippen molar-refractivity contribution in [2.75, 3.05) is 6.61 Å². The Morgan fingerprint density at radius 2 is 1.37 bits per heavy atom. The molecule has 0 saturated carbocycles. The summed E-state index contributed by atoms with van der Waals surface area (Å²) < 4.78 is 10.7. The monoisotopic (exact) mass is 380 g/mol. The van der Waals surface area contributed by atoms with Crippen LogP contribution in [0.3, 0.4) is 0 Å². The number of rotatable bonds is 6. The minimum absolute atomic E-state index is 0.132. The van der Waals surface area contributed by atoms with E-state index in [-0.39, 0.29) is 28.5 Å². The minimum Gasteiger partial charge on any atom is -0.462 e. The normalized spacial score (nSPS) is 10.3. The van der Waals surface area contributed by atoms with Crippen molar-refractivity contribution in [3.63, 3.8) is 0 Å². The number of halogens is 1. The molecule has 0 heterocycles. The van der Waals surface area contributed by atoms with Crippen LogP contribution in [0, 0.1) is 0 Å². The van der Waals surface area contributed by atoms with Gasteiger partial charge in [0.15, 0.2) is 0 Å². The Morgan fingerprint density at radius 1 is 0.741 bits per heavy atom. The summed E-state index contributed by atoms with van der Waals surface area (Å²) in [6, 6.07) is 22.7. The van der Waals surface area contributed by atoms with Crippen molar-refractivity contribution in [1.82, 2.24) is 0 Å². The van der Waals surface area contributed by atoms with Crippen molar-refractivity contribution in [3.05, 3.63) is 101 Å². The van der Waals surface area contributed by atoms with Crippen LogP contribution >= 0.6 is 11.6 Å². The van der Waals surface area contributed by atoms with Crippen molar-refractivity contribution in [1.29, 1.82) is 0 Å². The zero-order chi connectivity index (χ0) is 19.1. The van der Waals surface area contributed by atoms with Gasteiger partial charge in [-0.1, -0.05) is 66.2 Å². The first-order chi connectivity index (χ1) is 13.1. The molecule has 3 rings (SSSR count). The lowest BCUT2D eigenvalue weighted by molar-refractivity contribution is 0.0504. The number of hydrogen-bond donors (Lipinski definition) is 0. The Balaban J connectivity index is 1.67. The molecule has 0 bridgehead atoms. The zero-order valence-corrected chi connectivity index (χ0v) is 15.2. The SMILES string of the molecule is O=C(Oc1ccccc1C(=O)OCCc1ccccc1)c1ccccc1Cl. The number of hydrogen-bond acceptors (Lipinski definition) is 4. The van der Waals surface area contributed by atoms with E-state index in [9.17, 15) is 9.59 Å². The summed E-state index contributed by atoms with van der Waals surface area (Å²) >= 11 is 6.02. The van der Waals surface area contributed by atoms with Crippen LogP contribution < -0.4 is 4.74 Å². The number of carbonyl (C=O) groups is 2. The molecule has 0 aliphatic heterocycles. The summed E-state index contributed by atoms with van der Waals surface area (Å²) in [6.45, 7) is 0.232. The van der Waals surface area contributed by atoms with Crippen molar-refractivity contribution in [2.24, 2.45) is 0 Å². The Morgan fingerprint density at radius 3 is 2.11 bits per heavy atom. The molecule has 136 valence electrons. The lowest BCUT2D eigenvalue weighted by Crippen LogP contribution is -2.14. The topological polar surface area (TPSA) is 52.6 Å². The molecule has 0 unspecified atom stereocenters. The third-order valence-corrected chi connectivity index (χ3v) is 4.20. The van der Waals surface area contributed by atoms with Crippen LogP contribution in [-0.2, 0) is 11.2 Å². The molecule has 0 amide bonds. The Bertz CT molecular complexity index is 938. The van der Waals surface area contributed by atoms with Crippen LogP contribution in [-0.4, -0.2) is 18.5 Å². The second kappa shape index (κ2) is 9.01. The molecular formula is C22H17ClO4. The van der Waals surface area contributed by atoms with Gasteiger partial charge in [-0.2, -0.15) is 0 Å². The second-order valence-electron chi connectivity index (χ2n) is 5.74. The quantitative estimate of drug-likeness (QED) is 0.448. The summed E-state index contributed by atoms with van der Waals surface area (Å²) in [5.41, 5.74) is 1.49. The smallest absolute Gasteiger partial charge is 0.345 e. The molecule has 5 heteroatoms. The average Bonchev–Trinajstić information content (AvgIpc) is 2.69. The standard InChI is InChI=1S/C22H17ClO4/c23-19-12-6-4-10-17(19)22(25)27-20-13-7-5-11-18(20)21(24)26-15-14-16-8-2-1-3-9-16/h1-13H,14-15H2. The van der Waals surface area contributed by atoms with E-state index >= 15 is 0 Å². The van der Waals surface area contributed by atoms with E-state index in [1.54, 1.807) is 48.5 Å². The lowest BCUT2D eigenvalue weighted by Gasteiger charge is -2.10. The van der Waals surface area contributed by atoms with Crippen LogP contribution in [0.2, 0.25) is 5.02 Å². The number of para-hydroxylation sites is 1. The molecule has 27 heavy (non-hydrogen) atoms. The fraction of sp³-hybridized carbons (Fsp3) is 0.0909. The fourth-order valence-corrected chi connectivity index (χ4v) is 2.70. The summed E-state index contributed by atoms with van der Waals surface area (Å²) in [6.07, 6.45) is 0.605. The predicted molar refractivity (Wildman–Crippen MR) is 103 cm³/mol. The van der Waals surface area contributed by atoms with Gasteiger partial charge in [-0.3, -0.25) is 0 Å². The molecule has 0 N–H and O–H groups in total. The van der Waals surface area contributed by atoms with Gasteiger partial charge in [-0.05, 0) is 29.8 Å². The van der Waals surface area contributed by atoms with Crippen LogP contribution in [0.5, 0.6) is 5.75 Å². The Labute approximate surface area is 162 Å². The summed E-state index contributed by atoms with van der Waals surface area (Å²) in [5, 5.41) is 0.283. The van der Waals surface area contributed by atoms with E-state index in [0.29, 0.717) is 6.42 Å². The van der Waals surface area contributed by atoms with E-state index in [1.165, 1.54) is 0 Å². The number of ether oxygens (including phenoxy) is 2. The molecule has 0 fully saturated rings. The van der Waals surface area contributed by atoms with Crippen molar-refractivity contribution < 1.29 is 19.1 Å². The first kappa shape index (κ1) is 18.7. The van der Waals surface area contributed by atoms with Gasteiger partial charge >= 0.3 is 11.9 Å². The summed E-state index contributed by atoms with van der Waals surface area (Å²) in [7, 11) is 0.